The van der Waals surface area contributed by atoms with Gasteiger partial charge in [-0.15, -0.1) is 11.8 Å². The van der Waals surface area contributed by atoms with Crippen molar-refractivity contribution in [3.8, 4) is 0 Å². The minimum atomic E-state index is -0.209. The van der Waals surface area contributed by atoms with E-state index in [1.54, 1.807) is 11.8 Å². The Morgan fingerprint density at radius 1 is 0.929 bits per heavy atom. The number of thioether (sulfide) groups is 1. The van der Waals surface area contributed by atoms with E-state index in [1.807, 2.05) is 85.8 Å². The molecule has 0 aliphatic heterocycles. The third kappa shape index (κ3) is 5.72. The maximum atomic E-state index is 12.4. The Morgan fingerprint density at radius 3 is 2.25 bits per heavy atom. The summed E-state index contributed by atoms with van der Waals surface area (Å²) in [6.45, 7) is 2.02. The summed E-state index contributed by atoms with van der Waals surface area (Å²) < 4.78 is 0. The number of nitrogens with zero attached hydrogens (tertiary/aromatic N) is 1. The number of carbonyl (C=O) groups excluding carboxylic acids is 1. The van der Waals surface area contributed by atoms with Crippen molar-refractivity contribution < 1.29 is 4.79 Å². The molecule has 0 bridgehead atoms. The van der Waals surface area contributed by atoms with Gasteiger partial charge in [-0.25, -0.2) is 5.43 Å². The van der Waals surface area contributed by atoms with Gasteiger partial charge in [0.1, 0.15) is 0 Å². The lowest BCUT2D eigenvalue weighted by atomic mass is 10.1. The fourth-order valence-electron chi connectivity index (χ4n) is 2.61. The molecular weight excluding hydrogens is 388 g/mol. The molecule has 0 heterocycles. The summed E-state index contributed by atoms with van der Waals surface area (Å²) in [5, 5.41) is 5.03. The third-order valence-electron chi connectivity index (χ3n) is 4.17. The molecule has 3 aromatic rings. The highest BCUT2D eigenvalue weighted by Crippen LogP contribution is 2.24. The Hall–Kier alpha value is -2.56. The first-order chi connectivity index (χ1) is 13.7. The van der Waals surface area contributed by atoms with E-state index in [4.69, 9.17) is 11.6 Å². The van der Waals surface area contributed by atoms with Crippen LogP contribution in [0.2, 0.25) is 5.02 Å². The van der Waals surface area contributed by atoms with Gasteiger partial charge in [0.25, 0.3) is 5.91 Å². The van der Waals surface area contributed by atoms with Gasteiger partial charge in [0.15, 0.2) is 0 Å². The van der Waals surface area contributed by atoms with E-state index in [2.05, 4.69) is 10.5 Å². The van der Waals surface area contributed by atoms with Crippen LogP contribution in [-0.2, 0) is 5.75 Å². The van der Waals surface area contributed by atoms with Gasteiger partial charge in [-0.3, -0.25) is 4.79 Å². The highest BCUT2D eigenvalue weighted by Gasteiger charge is 2.06. The predicted octanol–water partition coefficient (Wildman–Crippen LogP) is 6.18. The van der Waals surface area contributed by atoms with Crippen molar-refractivity contribution >= 4 is 35.0 Å². The van der Waals surface area contributed by atoms with Gasteiger partial charge in [-0.2, -0.15) is 5.10 Å². The van der Waals surface area contributed by atoms with Crippen molar-refractivity contribution in [3.63, 3.8) is 0 Å². The standard InChI is InChI=1S/C23H21ClN2OS/c1-2-22(18-6-4-3-5-7-18)25-26-23(27)19-10-8-17(9-11-19)16-28-21-14-12-20(24)13-15-21/h3-15H,2,16H2,1H3,(H,26,27). The number of hydrogen-bond donors (Lipinski definition) is 1. The number of rotatable bonds is 7. The van der Waals surface area contributed by atoms with Crippen LogP contribution in [0.25, 0.3) is 0 Å². The van der Waals surface area contributed by atoms with Crippen LogP contribution < -0.4 is 5.43 Å². The molecule has 0 saturated heterocycles. The van der Waals surface area contributed by atoms with Gasteiger partial charge in [0, 0.05) is 21.2 Å². The number of hydrazone groups is 1. The smallest absolute Gasteiger partial charge is 0.267 e. The molecule has 0 radical (unpaired) electrons. The molecule has 142 valence electrons. The Morgan fingerprint density at radius 2 is 1.61 bits per heavy atom. The van der Waals surface area contributed by atoms with Crippen molar-refractivity contribution in [2.45, 2.75) is 24.0 Å². The molecule has 0 saturated carbocycles. The van der Waals surface area contributed by atoms with Crippen molar-refractivity contribution in [2.75, 3.05) is 0 Å². The number of halogens is 1. The summed E-state index contributed by atoms with van der Waals surface area (Å²) >= 11 is 7.64. The molecule has 0 aromatic heterocycles. The second kappa shape index (κ2) is 10.1. The molecule has 0 spiro atoms. The number of benzene rings is 3. The summed E-state index contributed by atoms with van der Waals surface area (Å²) in [6, 6.07) is 25.2. The highest BCUT2D eigenvalue weighted by molar-refractivity contribution is 7.98. The molecule has 3 rings (SSSR count). The zero-order valence-electron chi connectivity index (χ0n) is 15.6. The van der Waals surface area contributed by atoms with Gasteiger partial charge >= 0.3 is 0 Å². The first kappa shape index (κ1) is 20.2. The van der Waals surface area contributed by atoms with Crippen LogP contribution >= 0.6 is 23.4 Å². The van der Waals surface area contributed by atoms with E-state index >= 15 is 0 Å². The molecule has 0 fully saturated rings. The van der Waals surface area contributed by atoms with Crippen molar-refractivity contribution in [2.24, 2.45) is 5.10 Å². The summed E-state index contributed by atoms with van der Waals surface area (Å²) in [5.41, 5.74) is 6.27. The molecule has 28 heavy (non-hydrogen) atoms. The van der Waals surface area contributed by atoms with Crippen molar-refractivity contribution in [1.82, 2.24) is 5.43 Å². The molecular formula is C23H21ClN2OS. The molecule has 0 atom stereocenters. The van der Waals surface area contributed by atoms with Crippen LogP contribution in [0.5, 0.6) is 0 Å². The van der Waals surface area contributed by atoms with E-state index in [0.29, 0.717) is 5.56 Å². The molecule has 3 nitrogen and oxygen atoms in total. The monoisotopic (exact) mass is 408 g/mol. The lowest BCUT2D eigenvalue weighted by molar-refractivity contribution is 0.0955. The predicted molar refractivity (Wildman–Crippen MR) is 118 cm³/mol. The van der Waals surface area contributed by atoms with E-state index in [1.165, 1.54) is 0 Å². The molecule has 5 heteroatoms. The average Bonchev–Trinajstić information content (AvgIpc) is 2.75. The van der Waals surface area contributed by atoms with E-state index in [9.17, 15) is 4.79 Å². The number of nitrogens with one attached hydrogen (secondary N) is 1. The fraction of sp³-hybridized carbons (Fsp3) is 0.130. The number of carbonyl (C=O) groups is 1. The molecule has 1 N–H and O–H groups in total. The Labute approximate surface area is 174 Å². The molecule has 0 unspecified atom stereocenters. The first-order valence-electron chi connectivity index (χ1n) is 9.05. The summed E-state index contributed by atoms with van der Waals surface area (Å²) in [4.78, 5) is 13.5. The number of hydrogen-bond acceptors (Lipinski definition) is 3. The molecule has 3 aromatic carbocycles. The van der Waals surface area contributed by atoms with Gasteiger partial charge in [-0.05, 0) is 53.9 Å². The number of amides is 1. The van der Waals surface area contributed by atoms with Gasteiger partial charge in [0.2, 0.25) is 0 Å². The lowest BCUT2D eigenvalue weighted by Crippen LogP contribution is -2.20. The van der Waals surface area contributed by atoms with Crippen LogP contribution in [0.1, 0.15) is 34.8 Å². The normalized spacial score (nSPS) is 11.3. The summed E-state index contributed by atoms with van der Waals surface area (Å²) in [7, 11) is 0. The largest absolute Gasteiger partial charge is 0.271 e. The molecule has 1 amide bonds. The quantitative estimate of drug-likeness (QED) is 0.288. The van der Waals surface area contributed by atoms with E-state index in [0.717, 1.165) is 38.9 Å². The lowest BCUT2D eigenvalue weighted by Gasteiger charge is -2.06. The molecule has 0 aliphatic rings. The van der Waals surface area contributed by atoms with Gasteiger partial charge < -0.3 is 0 Å². The Kier molecular flexibility index (Phi) is 7.29. The summed E-state index contributed by atoms with van der Waals surface area (Å²) in [6.07, 6.45) is 0.741. The topological polar surface area (TPSA) is 41.5 Å². The van der Waals surface area contributed by atoms with Crippen LogP contribution in [-0.4, -0.2) is 11.6 Å². The minimum absolute atomic E-state index is 0.209. The zero-order chi connectivity index (χ0) is 19.8. The minimum Gasteiger partial charge on any atom is -0.267 e. The maximum absolute atomic E-state index is 12.4. The van der Waals surface area contributed by atoms with Crippen LogP contribution in [0, 0.1) is 0 Å². The zero-order valence-corrected chi connectivity index (χ0v) is 17.1. The van der Waals surface area contributed by atoms with Crippen LogP contribution in [0.4, 0.5) is 0 Å². The Balaban J connectivity index is 1.58. The average molecular weight is 409 g/mol. The fourth-order valence-corrected chi connectivity index (χ4v) is 3.59. The Bertz CT molecular complexity index is 939. The molecule has 0 aliphatic carbocycles. The highest BCUT2D eigenvalue weighted by atomic mass is 35.5. The van der Waals surface area contributed by atoms with Gasteiger partial charge in [0.05, 0.1) is 5.71 Å². The van der Waals surface area contributed by atoms with E-state index < -0.39 is 0 Å². The third-order valence-corrected chi connectivity index (χ3v) is 5.50. The second-order valence-corrected chi connectivity index (χ2v) is 7.64. The summed E-state index contributed by atoms with van der Waals surface area (Å²) in [5.74, 6) is 0.620. The van der Waals surface area contributed by atoms with E-state index in [-0.39, 0.29) is 5.91 Å². The van der Waals surface area contributed by atoms with Gasteiger partial charge in [-0.1, -0.05) is 61.0 Å². The van der Waals surface area contributed by atoms with Crippen molar-refractivity contribution in [1.29, 1.82) is 0 Å². The SMILES string of the molecule is CCC(=NNC(=O)c1ccc(CSc2ccc(Cl)cc2)cc1)c1ccccc1. The maximum Gasteiger partial charge on any atom is 0.271 e. The van der Waals surface area contributed by atoms with Crippen molar-refractivity contribution in [3.05, 3.63) is 101 Å². The van der Waals surface area contributed by atoms with Crippen LogP contribution in [0.3, 0.4) is 0 Å². The first-order valence-corrected chi connectivity index (χ1v) is 10.4. The van der Waals surface area contributed by atoms with Crippen LogP contribution in [0.15, 0.2) is 88.9 Å². The second-order valence-electron chi connectivity index (χ2n) is 6.16.